The molecule has 4 nitrogen and oxygen atoms in total. The Morgan fingerprint density at radius 3 is 2.65 bits per heavy atom. The Bertz CT molecular complexity index is 635. The molecule has 1 saturated carbocycles. The molecule has 0 unspecified atom stereocenters. The summed E-state index contributed by atoms with van der Waals surface area (Å²) in [4.78, 5) is -0.481. The molecule has 0 heterocycles. The van der Waals surface area contributed by atoms with Gasteiger partial charge in [-0.15, -0.1) is 0 Å². The van der Waals surface area contributed by atoms with Gasteiger partial charge < -0.3 is 5.73 Å². The van der Waals surface area contributed by atoms with Gasteiger partial charge in [-0.25, -0.2) is 17.1 Å². The Kier molecular flexibility index (Phi) is 4.63. The van der Waals surface area contributed by atoms with E-state index in [9.17, 15) is 12.8 Å². The van der Waals surface area contributed by atoms with Gasteiger partial charge in [0.05, 0.1) is 15.2 Å². The van der Waals surface area contributed by atoms with Crippen molar-refractivity contribution < 1.29 is 12.8 Å². The lowest BCUT2D eigenvalue weighted by molar-refractivity contribution is 0.262. The van der Waals surface area contributed by atoms with E-state index in [1.54, 1.807) is 0 Å². The molecule has 2 rings (SSSR count). The highest BCUT2D eigenvalue weighted by Crippen LogP contribution is 2.36. The van der Waals surface area contributed by atoms with Crippen LogP contribution in [0.1, 0.15) is 19.3 Å². The lowest BCUT2D eigenvalue weighted by Crippen LogP contribution is -2.34. The maximum Gasteiger partial charge on any atom is 0.245 e. The lowest BCUT2D eigenvalue weighted by Gasteiger charge is -2.29. The fourth-order valence-corrected chi connectivity index (χ4v) is 4.00. The van der Waals surface area contributed by atoms with E-state index in [-0.39, 0.29) is 15.2 Å². The first kappa shape index (κ1) is 16.0. The van der Waals surface area contributed by atoms with Crippen LogP contribution in [0.3, 0.4) is 0 Å². The van der Waals surface area contributed by atoms with E-state index in [4.69, 9.17) is 17.3 Å². The number of hydrogen-bond donors (Lipinski definition) is 1. The highest BCUT2D eigenvalue weighted by atomic mass is 79.9. The Balaban J connectivity index is 2.38. The smallest absolute Gasteiger partial charge is 0.245 e. The topological polar surface area (TPSA) is 63.4 Å². The number of nitrogens with zero attached hydrogens (tertiary/aromatic N) is 1. The average Bonchev–Trinajstić information content (AvgIpc) is 2.35. The standard InChI is InChI=1S/C12H15BrClFN2O2S/c1-17(6-7-3-2-4-7)20(18,19)9-5-8(14)10(13)12(16)11(9)15/h5,7H,2-4,6,16H2,1H3. The first-order chi connectivity index (χ1) is 9.25. The van der Waals surface area contributed by atoms with E-state index in [1.165, 1.54) is 11.4 Å². The predicted molar refractivity (Wildman–Crippen MR) is 80.7 cm³/mol. The molecule has 0 aromatic heterocycles. The van der Waals surface area contributed by atoms with E-state index in [1.807, 2.05) is 0 Å². The second-order valence-corrected chi connectivity index (χ2v) is 8.19. The van der Waals surface area contributed by atoms with Crippen LogP contribution in [0.2, 0.25) is 5.02 Å². The third-order valence-corrected chi connectivity index (χ3v) is 6.79. The van der Waals surface area contributed by atoms with Crippen LogP contribution in [-0.2, 0) is 10.0 Å². The largest absolute Gasteiger partial charge is 0.395 e. The minimum atomic E-state index is -3.93. The monoisotopic (exact) mass is 384 g/mol. The van der Waals surface area contributed by atoms with E-state index in [2.05, 4.69) is 15.9 Å². The number of nitrogen functional groups attached to an aromatic ring is 1. The summed E-state index contributed by atoms with van der Waals surface area (Å²) in [6.07, 6.45) is 3.13. The minimum Gasteiger partial charge on any atom is -0.395 e. The van der Waals surface area contributed by atoms with Crippen molar-refractivity contribution in [3.63, 3.8) is 0 Å². The fourth-order valence-electron chi connectivity index (χ4n) is 2.09. The Morgan fingerprint density at radius 2 is 2.15 bits per heavy atom. The van der Waals surface area contributed by atoms with E-state index < -0.39 is 20.7 Å². The molecule has 0 atom stereocenters. The van der Waals surface area contributed by atoms with Crippen LogP contribution < -0.4 is 5.73 Å². The van der Waals surface area contributed by atoms with Crippen molar-refractivity contribution in [2.45, 2.75) is 24.2 Å². The molecule has 0 aliphatic heterocycles. The molecule has 1 aliphatic rings. The summed E-state index contributed by atoms with van der Waals surface area (Å²) < 4.78 is 40.2. The lowest BCUT2D eigenvalue weighted by atomic mass is 9.86. The normalized spacial score (nSPS) is 16.4. The quantitative estimate of drug-likeness (QED) is 0.639. The van der Waals surface area contributed by atoms with Gasteiger partial charge in [0.1, 0.15) is 4.90 Å². The summed E-state index contributed by atoms with van der Waals surface area (Å²) in [6.45, 7) is 0.384. The van der Waals surface area contributed by atoms with Gasteiger partial charge in [0.2, 0.25) is 10.0 Å². The maximum atomic E-state index is 14.1. The van der Waals surface area contributed by atoms with Crippen molar-refractivity contribution >= 4 is 43.2 Å². The summed E-state index contributed by atoms with van der Waals surface area (Å²) in [7, 11) is -2.49. The number of sulfonamides is 1. The van der Waals surface area contributed by atoms with Crippen molar-refractivity contribution in [1.82, 2.24) is 4.31 Å². The van der Waals surface area contributed by atoms with Crippen molar-refractivity contribution in [3.8, 4) is 0 Å². The van der Waals surface area contributed by atoms with Crippen LogP contribution >= 0.6 is 27.5 Å². The van der Waals surface area contributed by atoms with E-state index >= 15 is 0 Å². The second kappa shape index (κ2) is 5.79. The van der Waals surface area contributed by atoms with Gasteiger partial charge in [0, 0.05) is 13.6 Å². The molecule has 0 amide bonds. The summed E-state index contributed by atoms with van der Waals surface area (Å²) >= 11 is 8.89. The number of rotatable bonds is 4. The van der Waals surface area contributed by atoms with Crippen LogP contribution in [-0.4, -0.2) is 26.3 Å². The van der Waals surface area contributed by atoms with Gasteiger partial charge in [0.15, 0.2) is 5.82 Å². The highest BCUT2D eigenvalue weighted by molar-refractivity contribution is 9.10. The van der Waals surface area contributed by atoms with Crippen LogP contribution in [0.4, 0.5) is 10.1 Å². The molecule has 1 aliphatic carbocycles. The van der Waals surface area contributed by atoms with Crippen LogP contribution in [0, 0.1) is 11.7 Å². The summed E-state index contributed by atoms with van der Waals surface area (Å²) in [5.74, 6) is -0.622. The van der Waals surface area contributed by atoms with E-state index in [0.717, 1.165) is 25.3 Å². The average molecular weight is 386 g/mol. The zero-order chi connectivity index (χ0) is 15.1. The summed E-state index contributed by atoms with van der Waals surface area (Å²) in [5, 5.41) is 0.0690. The van der Waals surface area contributed by atoms with Gasteiger partial charge in [-0.2, -0.15) is 0 Å². The number of nitrogens with two attached hydrogens (primary N) is 1. The van der Waals surface area contributed by atoms with Crippen LogP contribution in [0.5, 0.6) is 0 Å². The SMILES string of the molecule is CN(CC1CCC1)S(=O)(=O)c1cc(Cl)c(Br)c(N)c1F. The highest BCUT2D eigenvalue weighted by Gasteiger charge is 2.30. The number of hydrogen-bond acceptors (Lipinski definition) is 3. The van der Waals surface area contributed by atoms with Gasteiger partial charge in [-0.05, 0) is 40.8 Å². The molecule has 8 heteroatoms. The molecule has 112 valence electrons. The fraction of sp³-hybridized carbons (Fsp3) is 0.500. The van der Waals surface area contributed by atoms with Crippen molar-refractivity contribution in [2.24, 2.45) is 5.92 Å². The van der Waals surface area contributed by atoms with Crippen molar-refractivity contribution in [2.75, 3.05) is 19.3 Å². The molecule has 0 spiro atoms. The van der Waals surface area contributed by atoms with Crippen molar-refractivity contribution in [1.29, 1.82) is 0 Å². The molecular formula is C12H15BrClFN2O2S. The Morgan fingerprint density at radius 1 is 1.55 bits per heavy atom. The molecule has 1 aromatic rings. The predicted octanol–water partition coefficient (Wildman–Crippen LogP) is 3.24. The van der Waals surface area contributed by atoms with Crippen LogP contribution in [0.15, 0.2) is 15.4 Å². The number of benzene rings is 1. The third kappa shape index (κ3) is 2.81. The van der Waals surface area contributed by atoms with Gasteiger partial charge in [-0.3, -0.25) is 0 Å². The first-order valence-corrected chi connectivity index (χ1v) is 8.75. The molecule has 1 fully saturated rings. The van der Waals surface area contributed by atoms with Gasteiger partial charge in [-0.1, -0.05) is 18.0 Å². The number of halogens is 3. The second-order valence-electron chi connectivity index (χ2n) is 4.98. The Labute approximate surface area is 131 Å². The molecule has 0 bridgehead atoms. The zero-order valence-electron chi connectivity index (χ0n) is 10.9. The molecule has 2 N–H and O–H groups in total. The molecule has 0 saturated heterocycles. The summed E-state index contributed by atoms with van der Waals surface area (Å²) in [5.41, 5.74) is 5.23. The minimum absolute atomic E-state index is 0.0690. The van der Waals surface area contributed by atoms with Gasteiger partial charge >= 0.3 is 0 Å². The third-order valence-electron chi connectivity index (χ3n) is 3.59. The molecular weight excluding hydrogens is 371 g/mol. The molecule has 20 heavy (non-hydrogen) atoms. The van der Waals surface area contributed by atoms with Crippen LogP contribution in [0.25, 0.3) is 0 Å². The molecule has 1 aromatic carbocycles. The zero-order valence-corrected chi connectivity index (χ0v) is 14.0. The van der Waals surface area contributed by atoms with E-state index in [0.29, 0.717) is 12.5 Å². The maximum absolute atomic E-state index is 14.1. The first-order valence-electron chi connectivity index (χ1n) is 6.14. The summed E-state index contributed by atoms with van der Waals surface area (Å²) in [6, 6.07) is 1.09. The molecule has 0 radical (unpaired) electrons. The Hall–Kier alpha value is -0.370. The van der Waals surface area contributed by atoms with Crippen molar-refractivity contribution in [3.05, 3.63) is 21.4 Å². The number of anilines is 1. The van der Waals surface area contributed by atoms with Gasteiger partial charge in [0.25, 0.3) is 0 Å².